The van der Waals surface area contributed by atoms with Crippen molar-refractivity contribution in [3.05, 3.63) is 54.7 Å². The molecule has 2 rings (SSSR count). The molecule has 0 saturated heterocycles. The summed E-state index contributed by atoms with van der Waals surface area (Å²) in [5, 5.41) is 10.6. The number of aromatic amines is 1. The van der Waals surface area contributed by atoms with Crippen LogP contribution in [0.2, 0.25) is 0 Å². The zero-order valence-corrected chi connectivity index (χ0v) is 11.6. The molecule has 0 unspecified atom stereocenters. The third-order valence-corrected chi connectivity index (χ3v) is 2.99. The molecule has 4 nitrogen and oxygen atoms in total. The van der Waals surface area contributed by atoms with Crippen molar-refractivity contribution < 1.29 is 4.74 Å². The van der Waals surface area contributed by atoms with Gasteiger partial charge in [-0.3, -0.25) is 5.10 Å². The maximum Gasteiger partial charge on any atom is 0.0695 e. The van der Waals surface area contributed by atoms with E-state index in [-0.39, 0.29) is 0 Å². The summed E-state index contributed by atoms with van der Waals surface area (Å²) in [4.78, 5) is 0. The lowest BCUT2D eigenvalue weighted by Crippen LogP contribution is -2.19. The van der Waals surface area contributed by atoms with Gasteiger partial charge in [0, 0.05) is 18.7 Å². The summed E-state index contributed by atoms with van der Waals surface area (Å²) < 4.78 is 5.45. The second-order valence-corrected chi connectivity index (χ2v) is 4.50. The van der Waals surface area contributed by atoms with Crippen LogP contribution in [0.15, 0.2) is 49.2 Å². The molecule has 0 amide bonds. The fourth-order valence-electron chi connectivity index (χ4n) is 1.94. The van der Waals surface area contributed by atoms with Crippen molar-refractivity contribution in [1.29, 1.82) is 0 Å². The molecule has 1 aromatic carbocycles. The van der Waals surface area contributed by atoms with Gasteiger partial charge in [-0.25, -0.2) is 0 Å². The third-order valence-electron chi connectivity index (χ3n) is 2.99. The highest BCUT2D eigenvalue weighted by molar-refractivity contribution is 5.62. The van der Waals surface area contributed by atoms with Gasteiger partial charge in [0.15, 0.2) is 0 Å². The predicted octanol–water partition coefficient (Wildman–Crippen LogP) is 2.76. The quantitative estimate of drug-likeness (QED) is 0.544. The Bertz CT molecular complexity index is 507. The van der Waals surface area contributed by atoms with Gasteiger partial charge in [-0.2, -0.15) is 5.10 Å². The Morgan fingerprint density at radius 1 is 1.25 bits per heavy atom. The Labute approximate surface area is 119 Å². The molecule has 0 spiro atoms. The minimum Gasteiger partial charge on any atom is -0.380 e. The molecule has 2 aromatic rings. The van der Waals surface area contributed by atoms with Gasteiger partial charge in [-0.1, -0.05) is 36.4 Å². The van der Waals surface area contributed by atoms with E-state index in [2.05, 4.69) is 34.2 Å². The van der Waals surface area contributed by atoms with E-state index in [1.54, 1.807) is 0 Å². The van der Waals surface area contributed by atoms with Crippen LogP contribution < -0.4 is 5.32 Å². The summed E-state index contributed by atoms with van der Waals surface area (Å²) >= 11 is 0. The van der Waals surface area contributed by atoms with Crippen LogP contribution in [-0.4, -0.2) is 30.0 Å². The normalized spacial score (nSPS) is 10.6. The first-order chi connectivity index (χ1) is 9.92. The molecule has 0 aliphatic rings. The third kappa shape index (κ3) is 4.33. The Balaban J connectivity index is 1.77. The zero-order valence-electron chi connectivity index (χ0n) is 11.6. The molecule has 0 saturated carbocycles. The molecule has 0 aliphatic carbocycles. The summed E-state index contributed by atoms with van der Waals surface area (Å²) in [5.41, 5.74) is 3.40. The highest BCUT2D eigenvalue weighted by Crippen LogP contribution is 2.20. The van der Waals surface area contributed by atoms with Crippen LogP contribution in [0.25, 0.3) is 11.3 Å². The fourth-order valence-corrected chi connectivity index (χ4v) is 1.94. The summed E-state index contributed by atoms with van der Waals surface area (Å²) in [6, 6.07) is 10.2. The molecule has 4 heteroatoms. The predicted molar refractivity (Wildman–Crippen MR) is 81.4 cm³/mol. The maximum absolute atomic E-state index is 5.45. The average molecular weight is 271 g/mol. The number of ether oxygens (including phenoxy) is 1. The van der Waals surface area contributed by atoms with Gasteiger partial charge < -0.3 is 10.1 Å². The molecule has 106 valence electrons. The van der Waals surface area contributed by atoms with E-state index < -0.39 is 0 Å². The van der Waals surface area contributed by atoms with Gasteiger partial charge in [0.05, 0.1) is 25.1 Å². The Hall–Kier alpha value is -1.91. The smallest absolute Gasteiger partial charge is 0.0695 e. The first kappa shape index (κ1) is 14.5. The SMILES string of the molecule is C=CCCOCCNCc1cn[nH]c1-c1ccccc1. The molecule has 0 bridgehead atoms. The molecule has 2 N–H and O–H groups in total. The second kappa shape index (κ2) is 8.30. The molecule has 0 atom stereocenters. The monoisotopic (exact) mass is 271 g/mol. The van der Waals surface area contributed by atoms with Crippen molar-refractivity contribution in [2.45, 2.75) is 13.0 Å². The number of rotatable bonds is 9. The van der Waals surface area contributed by atoms with Gasteiger partial charge in [-0.15, -0.1) is 6.58 Å². The number of hydrogen-bond acceptors (Lipinski definition) is 3. The molecule has 0 fully saturated rings. The van der Waals surface area contributed by atoms with Crippen LogP contribution >= 0.6 is 0 Å². The Morgan fingerprint density at radius 3 is 2.90 bits per heavy atom. The van der Waals surface area contributed by atoms with E-state index in [4.69, 9.17) is 4.74 Å². The lowest BCUT2D eigenvalue weighted by molar-refractivity contribution is 0.140. The fraction of sp³-hybridized carbons (Fsp3) is 0.312. The summed E-state index contributed by atoms with van der Waals surface area (Å²) in [6.45, 7) is 6.73. The first-order valence-corrected chi connectivity index (χ1v) is 6.89. The van der Waals surface area contributed by atoms with Crippen molar-refractivity contribution in [1.82, 2.24) is 15.5 Å². The largest absolute Gasteiger partial charge is 0.380 e. The summed E-state index contributed by atoms with van der Waals surface area (Å²) in [6.07, 6.45) is 4.64. The average Bonchev–Trinajstić information content (AvgIpc) is 2.96. The van der Waals surface area contributed by atoms with Crippen LogP contribution in [-0.2, 0) is 11.3 Å². The molecular weight excluding hydrogens is 250 g/mol. The van der Waals surface area contributed by atoms with Crippen LogP contribution in [0.1, 0.15) is 12.0 Å². The second-order valence-electron chi connectivity index (χ2n) is 4.50. The van der Waals surface area contributed by atoms with Crippen LogP contribution in [0.3, 0.4) is 0 Å². The van der Waals surface area contributed by atoms with Crippen molar-refractivity contribution in [2.75, 3.05) is 19.8 Å². The van der Waals surface area contributed by atoms with Crippen molar-refractivity contribution in [2.24, 2.45) is 0 Å². The van der Waals surface area contributed by atoms with E-state index in [9.17, 15) is 0 Å². The summed E-state index contributed by atoms with van der Waals surface area (Å²) in [5.74, 6) is 0. The molecule has 0 radical (unpaired) electrons. The molecule has 0 aliphatic heterocycles. The van der Waals surface area contributed by atoms with E-state index in [1.165, 1.54) is 5.56 Å². The first-order valence-electron chi connectivity index (χ1n) is 6.89. The molecule has 20 heavy (non-hydrogen) atoms. The molecular formula is C16H21N3O. The minimum absolute atomic E-state index is 0.715. The van der Waals surface area contributed by atoms with E-state index in [0.717, 1.165) is 37.4 Å². The van der Waals surface area contributed by atoms with Crippen molar-refractivity contribution in [3.8, 4) is 11.3 Å². The van der Waals surface area contributed by atoms with Crippen LogP contribution in [0.4, 0.5) is 0 Å². The Morgan fingerprint density at radius 2 is 2.10 bits per heavy atom. The van der Waals surface area contributed by atoms with Crippen molar-refractivity contribution >= 4 is 0 Å². The van der Waals surface area contributed by atoms with E-state index in [0.29, 0.717) is 6.61 Å². The number of nitrogens with one attached hydrogen (secondary N) is 2. The number of nitrogens with zero attached hydrogens (tertiary/aromatic N) is 1. The molecule has 1 aromatic heterocycles. The van der Waals surface area contributed by atoms with Gasteiger partial charge in [0.2, 0.25) is 0 Å². The molecule has 1 heterocycles. The lowest BCUT2D eigenvalue weighted by Gasteiger charge is -2.06. The van der Waals surface area contributed by atoms with Gasteiger partial charge in [0.25, 0.3) is 0 Å². The van der Waals surface area contributed by atoms with E-state index in [1.807, 2.05) is 30.5 Å². The topological polar surface area (TPSA) is 49.9 Å². The van der Waals surface area contributed by atoms with Crippen molar-refractivity contribution in [3.63, 3.8) is 0 Å². The lowest BCUT2D eigenvalue weighted by atomic mass is 10.1. The number of benzene rings is 1. The van der Waals surface area contributed by atoms with Gasteiger partial charge in [-0.05, 0) is 12.0 Å². The number of hydrogen-bond donors (Lipinski definition) is 2. The van der Waals surface area contributed by atoms with Crippen LogP contribution in [0, 0.1) is 0 Å². The maximum atomic E-state index is 5.45. The highest BCUT2D eigenvalue weighted by atomic mass is 16.5. The van der Waals surface area contributed by atoms with Gasteiger partial charge >= 0.3 is 0 Å². The van der Waals surface area contributed by atoms with Crippen LogP contribution in [0.5, 0.6) is 0 Å². The summed E-state index contributed by atoms with van der Waals surface area (Å²) in [7, 11) is 0. The van der Waals surface area contributed by atoms with Gasteiger partial charge in [0.1, 0.15) is 0 Å². The Kier molecular flexibility index (Phi) is 6.02. The number of H-pyrrole nitrogens is 1. The minimum atomic E-state index is 0.715. The number of aromatic nitrogens is 2. The highest BCUT2D eigenvalue weighted by Gasteiger charge is 2.06. The zero-order chi connectivity index (χ0) is 14.0. The van der Waals surface area contributed by atoms with E-state index >= 15 is 0 Å². The standard InChI is InChI=1S/C16H21N3O/c1-2-3-10-20-11-9-17-12-15-13-18-19-16(15)14-7-5-4-6-8-14/h2,4-8,13,17H,1,3,9-12H2,(H,18,19).